The van der Waals surface area contributed by atoms with Crippen molar-refractivity contribution in [1.82, 2.24) is 4.98 Å². The quantitative estimate of drug-likeness (QED) is 0.685. The fourth-order valence-corrected chi connectivity index (χ4v) is 1.45. The molecule has 2 heterocycles. The Bertz CT molecular complexity index is 598. The summed E-state index contributed by atoms with van der Waals surface area (Å²) in [5.74, 6) is 0. The molecule has 0 unspecified atom stereocenters. The summed E-state index contributed by atoms with van der Waals surface area (Å²) in [6.07, 6.45) is 0. The molecule has 1 aliphatic heterocycles. The van der Waals surface area contributed by atoms with Gasteiger partial charge in [-0.15, -0.1) is 0 Å². The predicted octanol–water partition coefficient (Wildman–Crippen LogP) is 1.25. The van der Waals surface area contributed by atoms with E-state index in [1.807, 2.05) is 27.7 Å². The Hall–Kier alpha value is -1.38. The third-order valence-corrected chi connectivity index (χ3v) is 3.19. The second-order valence-electron chi connectivity index (χ2n) is 4.92. The number of rotatable bonds is 1. The largest absolute Gasteiger partial charge is 0.514 e. The molecule has 0 bridgehead atoms. The van der Waals surface area contributed by atoms with Crippen LogP contribution >= 0.6 is 0 Å². The summed E-state index contributed by atoms with van der Waals surface area (Å²) in [6.45, 7) is 7.45. The van der Waals surface area contributed by atoms with Crippen LogP contribution in [0.15, 0.2) is 18.1 Å². The Kier molecular flexibility index (Phi) is 1.95. The Balaban J connectivity index is 2.51. The van der Waals surface area contributed by atoms with Gasteiger partial charge in [0.15, 0.2) is 0 Å². The van der Waals surface area contributed by atoms with Gasteiger partial charge in [0.05, 0.1) is 20.9 Å². The van der Waals surface area contributed by atoms with Crippen molar-refractivity contribution in [2.75, 3.05) is 0 Å². The van der Waals surface area contributed by atoms with Crippen molar-refractivity contribution in [3.05, 3.63) is 23.8 Å². The molecule has 1 aromatic rings. The lowest BCUT2D eigenvalue weighted by molar-refractivity contribution is 0.00578. The van der Waals surface area contributed by atoms with Gasteiger partial charge in [0.2, 0.25) is 0 Å². The Labute approximate surface area is 106 Å². The lowest BCUT2D eigenvalue weighted by Gasteiger charge is -2.32. The van der Waals surface area contributed by atoms with Crippen LogP contribution < -0.4 is 5.59 Å². The molecular weight excluding hydrogens is 215 g/mol. The molecule has 5 heteroatoms. The van der Waals surface area contributed by atoms with Crippen LogP contribution in [0.2, 0.25) is 0 Å². The van der Waals surface area contributed by atoms with Crippen molar-refractivity contribution in [2.24, 2.45) is 0 Å². The SMILES string of the molecule is [2H]c1c(C#N)nc(B2OC(C)(C)C(C)(C)O2)c([2H])c1[2H]. The minimum atomic E-state index is -0.913. The topological polar surface area (TPSA) is 55.1 Å². The predicted molar refractivity (Wildman–Crippen MR) is 64.7 cm³/mol. The van der Waals surface area contributed by atoms with Gasteiger partial charge >= 0.3 is 7.12 Å². The number of nitriles is 1. The lowest BCUT2D eigenvalue weighted by Crippen LogP contribution is -2.41. The first-order valence-corrected chi connectivity index (χ1v) is 5.34. The molecule has 0 radical (unpaired) electrons. The van der Waals surface area contributed by atoms with E-state index in [1.165, 1.54) is 0 Å². The average Bonchev–Trinajstić information content (AvgIpc) is 2.56. The zero-order valence-electron chi connectivity index (χ0n) is 13.3. The third kappa shape index (κ3) is 2.06. The molecule has 0 N–H and O–H groups in total. The second-order valence-corrected chi connectivity index (χ2v) is 4.92. The third-order valence-electron chi connectivity index (χ3n) is 3.19. The molecular formula is C12H15BN2O2. The van der Waals surface area contributed by atoms with Crippen LogP contribution in [0.4, 0.5) is 0 Å². The summed E-state index contributed by atoms with van der Waals surface area (Å²) in [5.41, 5.74) is -1.32. The molecule has 88 valence electrons. The molecule has 1 aromatic heterocycles. The van der Waals surface area contributed by atoms with Gasteiger partial charge in [-0.25, -0.2) is 4.98 Å². The fourth-order valence-electron chi connectivity index (χ4n) is 1.45. The summed E-state index contributed by atoms with van der Waals surface area (Å²) >= 11 is 0. The van der Waals surface area contributed by atoms with Crippen LogP contribution in [0.1, 0.15) is 37.5 Å². The Morgan fingerprint density at radius 2 is 1.88 bits per heavy atom. The number of hydrogen-bond donors (Lipinski definition) is 0. The fraction of sp³-hybridized carbons (Fsp3) is 0.500. The number of hydrogen-bond acceptors (Lipinski definition) is 4. The van der Waals surface area contributed by atoms with Gasteiger partial charge in [-0.2, -0.15) is 5.26 Å². The van der Waals surface area contributed by atoms with Crippen LogP contribution in [0.25, 0.3) is 0 Å². The summed E-state index contributed by atoms with van der Waals surface area (Å²) in [7, 11) is -0.913. The highest BCUT2D eigenvalue weighted by Crippen LogP contribution is 2.36. The molecule has 4 nitrogen and oxygen atoms in total. The van der Waals surface area contributed by atoms with Crippen LogP contribution in [-0.2, 0) is 9.31 Å². The maximum atomic E-state index is 8.95. The molecule has 0 amide bonds. The first-order valence-electron chi connectivity index (χ1n) is 6.84. The molecule has 0 atom stereocenters. The van der Waals surface area contributed by atoms with Gasteiger partial charge < -0.3 is 9.31 Å². The van der Waals surface area contributed by atoms with Gasteiger partial charge in [-0.1, -0.05) is 6.04 Å². The zero-order valence-corrected chi connectivity index (χ0v) is 10.3. The summed E-state index contributed by atoms with van der Waals surface area (Å²) in [6, 6.07) is 0.817. The van der Waals surface area contributed by atoms with Crippen LogP contribution in [0.5, 0.6) is 0 Å². The summed E-state index contributed by atoms with van der Waals surface area (Å²) < 4.78 is 34.7. The average molecular weight is 233 g/mol. The summed E-state index contributed by atoms with van der Waals surface area (Å²) in [4.78, 5) is 3.96. The monoisotopic (exact) mass is 233 g/mol. The first kappa shape index (κ1) is 8.68. The van der Waals surface area contributed by atoms with Crippen molar-refractivity contribution in [1.29, 1.82) is 5.26 Å². The van der Waals surface area contributed by atoms with Gasteiger partial charge in [0.1, 0.15) is 11.8 Å². The smallest absolute Gasteiger partial charge is 0.398 e. The van der Waals surface area contributed by atoms with E-state index >= 15 is 0 Å². The maximum absolute atomic E-state index is 8.95. The molecule has 17 heavy (non-hydrogen) atoms. The van der Waals surface area contributed by atoms with Gasteiger partial charge in [-0.3, -0.25) is 0 Å². The minimum Gasteiger partial charge on any atom is -0.398 e. The molecule has 0 spiro atoms. The standard InChI is InChI=1S/C12H15BN2O2/c1-11(2)12(3,4)17-13(16-11)10-7-5-6-9(8-14)15-10/h5-7H,1-4H3/i5D,6D,7D. The van der Waals surface area contributed by atoms with E-state index in [1.54, 1.807) is 6.07 Å². The maximum Gasteiger partial charge on any atom is 0.514 e. The van der Waals surface area contributed by atoms with Crippen LogP contribution in [0, 0.1) is 11.3 Å². The van der Waals surface area contributed by atoms with E-state index in [2.05, 4.69) is 4.98 Å². The van der Waals surface area contributed by atoms with E-state index in [-0.39, 0.29) is 29.4 Å². The van der Waals surface area contributed by atoms with Gasteiger partial charge in [-0.05, 0) is 39.8 Å². The van der Waals surface area contributed by atoms with Crippen molar-refractivity contribution < 1.29 is 13.4 Å². The molecule has 2 rings (SSSR count). The molecule has 0 aliphatic carbocycles. The van der Waals surface area contributed by atoms with Crippen molar-refractivity contribution in [2.45, 2.75) is 38.9 Å². The van der Waals surface area contributed by atoms with Crippen LogP contribution in [-0.4, -0.2) is 23.3 Å². The normalized spacial score (nSPS) is 23.7. The van der Waals surface area contributed by atoms with Gasteiger partial charge in [0.25, 0.3) is 0 Å². The molecule has 1 saturated heterocycles. The highest BCUT2D eigenvalue weighted by Gasteiger charge is 2.52. The molecule has 1 aliphatic rings. The molecule has 0 aromatic carbocycles. The highest BCUT2D eigenvalue weighted by molar-refractivity contribution is 6.61. The number of pyridine rings is 1. The van der Waals surface area contributed by atoms with Crippen molar-refractivity contribution in [3.63, 3.8) is 0 Å². The van der Waals surface area contributed by atoms with E-state index in [0.717, 1.165) is 0 Å². The highest BCUT2D eigenvalue weighted by atomic mass is 16.7. The van der Waals surface area contributed by atoms with E-state index in [4.69, 9.17) is 18.7 Å². The van der Waals surface area contributed by atoms with E-state index in [0.29, 0.717) is 0 Å². The van der Waals surface area contributed by atoms with Gasteiger partial charge in [0, 0.05) is 0 Å². The van der Waals surface area contributed by atoms with Crippen molar-refractivity contribution >= 4 is 12.7 Å². The minimum absolute atomic E-state index is 0.0706. The lowest BCUT2D eigenvalue weighted by atomic mass is 9.84. The number of nitrogens with zero attached hydrogens (tertiary/aromatic N) is 2. The molecule has 0 saturated carbocycles. The molecule has 1 fully saturated rings. The second kappa shape index (κ2) is 3.83. The Morgan fingerprint density at radius 3 is 2.41 bits per heavy atom. The summed E-state index contributed by atoms with van der Waals surface area (Å²) in [5, 5.41) is 8.95. The van der Waals surface area contributed by atoms with Crippen LogP contribution in [0.3, 0.4) is 0 Å². The Morgan fingerprint density at radius 1 is 1.29 bits per heavy atom. The van der Waals surface area contributed by atoms with E-state index < -0.39 is 18.3 Å². The van der Waals surface area contributed by atoms with E-state index in [9.17, 15) is 0 Å². The van der Waals surface area contributed by atoms with Crippen molar-refractivity contribution in [3.8, 4) is 6.07 Å². The zero-order chi connectivity index (χ0) is 15.3. The number of aromatic nitrogens is 1. The first-order chi connectivity index (χ1) is 9.10.